The molecule has 14 heteroatoms. The van der Waals surface area contributed by atoms with E-state index < -0.39 is 33.4 Å². The minimum atomic E-state index is -4.04. The second kappa shape index (κ2) is 4.76. The van der Waals surface area contributed by atoms with Gasteiger partial charge in [-0.25, -0.2) is 9.61 Å². The van der Waals surface area contributed by atoms with E-state index in [1.54, 1.807) is 0 Å². The summed E-state index contributed by atoms with van der Waals surface area (Å²) in [5.41, 5.74) is -0.256. The third-order valence-electron chi connectivity index (χ3n) is 1.99. The molecule has 0 aliphatic rings. The fourth-order valence-electron chi connectivity index (χ4n) is 1.03. The summed E-state index contributed by atoms with van der Waals surface area (Å²) in [7, 11) is 0. The lowest BCUT2D eigenvalue weighted by Crippen LogP contribution is -2.47. The van der Waals surface area contributed by atoms with Crippen molar-refractivity contribution in [3.8, 4) is 5.88 Å². The Morgan fingerprint density at radius 3 is 2.35 bits per heavy atom. The van der Waals surface area contributed by atoms with Crippen LogP contribution in [0.3, 0.4) is 0 Å². The van der Waals surface area contributed by atoms with Crippen LogP contribution in [-0.2, 0) is 0 Å². The molecular weight excluding hydrogens is 307 g/mol. The lowest BCUT2D eigenvalue weighted by atomic mass is 10.5. The molecule has 0 saturated heterocycles. The van der Waals surface area contributed by atoms with E-state index in [1.807, 2.05) is 0 Å². The highest BCUT2D eigenvalue weighted by Crippen LogP contribution is 2.23. The lowest BCUT2D eigenvalue weighted by molar-refractivity contribution is -0.831. The molecule has 0 aliphatic carbocycles. The molecule has 2 aromatic heterocycles. The maximum Gasteiger partial charge on any atom is 0.648 e. The minimum absolute atomic E-state index is 0.0857. The Bertz CT molecular complexity index is 678. The first-order chi connectivity index (χ1) is 9.34. The molecule has 0 saturated carbocycles. The van der Waals surface area contributed by atoms with Gasteiger partial charge in [-0.2, -0.15) is 4.98 Å². The number of fused-ring (bicyclic) bond motifs is 1. The van der Waals surface area contributed by atoms with Gasteiger partial charge in [0.1, 0.15) is 9.85 Å². The molecule has 0 N–H and O–H groups in total. The summed E-state index contributed by atoms with van der Waals surface area (Å²) in [6.07, 6.45) is 0. The molecule has 2 rings (SSSR count). The Morgan fingerprint density at radius 2 is 1.80 bits per heavy atom. The highest BCUT2D eigenvalue weighted by molar-refractivity contribution is 6.30. The lowest BCUT2D eigenvalue weighted by Gasteiger charge is -2.09. The van der Waals surface area contributed by atoms with Crippen LogP contribution >= 0.6 is 11.6 Å². The summed E-state index contributed by atoms with van der Waals surface area (Å²) in [5.74, 6) is -4.62. The molecule has 0 fully saturated rings. The molecule has 2 aromatic rings. The van der Waals surface area contributed by atoms with E-state index in [0.717, 1.165) is 0 Å². The molecule has 2 heterocycles. The van der Waals surface area contributed by atoms with Crippen molar-refractivity contribution in [2.75, 3.05) is 6.61 Å². The topological polar surface area (TPSA) is 160 Å². The first-order valence-corrected chi connectivity index (χ1v) is 4.99. The summed E-state index contributed by atoms with van der Waals surface area (Å²) in [4.78, 5) is 24.3. The number of nitrogens with zero attached hydrogens (tertiary/aromatic N) is 6. The minimum Gasteiger partial charge on any atom is -0.456 e. The predicted molar refractivity (Wildman–Crippen MR) is 55.7 cm³/mol. The van der Waals surface area contributed by atoms with Crippen LogP contribution in [0.2, 0.25) is 5.15 Å². The Hall–Kier alpha value is -2.70. The summed E-state index contributed by atoms with van der Waals surface area (Å²) in [5, 5.41) is 26.8. The maximum atomic E-state index is 13.4. The molecule has 0 aliphatic heterocycles. The monoisotopic (exact) mass is 308 g/mol. The van der Waals surface area contributed by atoms with Crippen LogP contribution in [0.5, 0.6) is 5.88 Å². The fraction of sp³-hybridized carbons (Fsp3) is 0.333. The molecule has 0 spiro atoms. The van der Waals surface area contributed by atoms with Crippen molar-refractivity contribution >= 4 is 22.9 Å². The first kappa shape index (κ1) is 13.7. The molecule has 106 valence electrons. The van der Waals surface area contributed by atoms with Gasteiger partial charge in [-0.3, -0.25) is 20.2 Å². The average molecular weight is 309 g/mol. The van der Waals surface area contributed by atoms with Crippen molar-refractivity contribution < 1.29 is 23.6 Å². The second-order valence-corrected chi connectivity index (χ2v) is 3.61. The van der Waals surface area contributed by atoms with E-state index in [0.29, 0.717) is 0 Å². The summed E-state index contributed by atoms with van der Waals surface area (Å²) in [6, 6.07) is 0. The Morgan fingerprint density at radius 1 is 1.25 bits per heavy atom. The van der Waals surface area contributed by atoms with E-state index in [-0.39, 0.29) is 11.3 Å². The normalized spacial score (nSPS) is 11.5. The van der Waals surface area contributed by atoms with Crippen molar-refractivity contribution in [2.24, 2.45) is 0 Å². The van der Waals surface area contributed by atoms with Crippen LogP contribution in [0.1, 0.15) is 0 Å². The van der Waals surface area contributed by atoms with Crippen molar-refractivity contribution in [3.05, 3.63) is 25.4 Å². The molecular formula is C6H2ClFN6O6. The van der Waals surface area contributed by atoms with Crippen LogP contribution in [0.4, 0.5) is 4.39 Å². The standard InChI is InChI=1S/C6H2ClFN6O6/c7-2-5(10-4-3(9-2)11-20-12-4)19-1-6(8,13(15)16)14(17)18/h1H2. The number of hydrogen-bond donors (Lipinski definition) is 0. The number of hydrogen-bond acceptors (Lipinski definition) is 10. The number of halogens is 2. The van der Waals surface area contributed by atoms with Gasteiger partial charge in [0.25, 0.3) is 12.5 Å². The van der Waals surface area contributed by atoms with Crippen LogP contribution in [0, 0.1) is 20.2 Å². The van der Waals surface area contributed by atoms with Gasteiger partial charge >= 0.3 is 5.92 Å². The maximum absolute atomic E-state index is 13.4. The third kappa shape index (κ3) is 2.25. The summed E-state index contributed by atoms with van der Waals surface area (Å²) in [6.45, 7) is -1.56. The number of ether oxygens (including phenoxy) is 1. The predicted octanol–water partition coefficient (Wildman–Crippen LogP) is 0.222. The molecule has 0 unspecified atom stereocenters. The largest absolute Gasteiger partial charge is 0.648 e. The van der Waals surface area contributed by atoms with E-state index >= 15 is 0 Å². The van der Waals surface area contributed by atoms with Crippen molar-refractivity contribution in [2.45, 2.75) is 5.92 Å². The van der Waals surface area contributed by atoms with Crippen molar-refractivity contribution in [3.63, 3.8) is 0 Å². The smallest absolute Gasteiger partial charge is 0.456 e. The molecule has 20 heavy (non-hydrogen) atoms. The molecule has 0 atom stereocenters. The van der Waals surface area contributed by atoms with E-state index in [9.17, 15) is 24.6 Å². The van der Waals surface area contributed by atoms with E-state index in [1.165, 1.54) is 0 Å². The SMILES string of the molecule is O=[N+]([O-])C(F)(COc1nc2nonc2nc1Cl)[N+](=O)[O-]. The molecule has 12 nitrogen and oxygen atoms in total. The van der Waals surface area contributed by atoms with Crippen molar-refractivity contribution in [1.29, 1.82) is 0 Å². The summed E-state index contributed by atoms with van der Waals surface area (Å²) >= 11 is 5.58. The van der Waals surface area contributed by atoms with Crippen LogP contribution in [0.25, 0.3) is 11.3 Å². The Kier molecular flexibility index (Phi) is 3.27. The van der Waals surface area contributed by atoms with E-state index in [4.69, 9.17) is 11.6 Å². The Balaban J connectivity index is 2.26. The van der Waals surface area contributed by atoms with Gasteiger partial charge in [-0.1, -0.05) is 16.0 Å². The number of rotatable bonds is 5. The Labute approximate surface area is 111 Å². The van der Waals surface area contributed by atoms with Gasteiger partial charge in [0.05, 0.1) is 0 Å². The quantitative estimate of drug-likeness (QED) is 0.323. The number of nitro groups is 2. The highest BCUT2D eigenvalue weighted by Gasteiger charge is 2.59. The molecule has 0 aromatic carbocycles. The summed E-state index contributed by atoms with van der Waals surface area (Å²) < 4.78 is 22.2. The zero-order valence-corrected chi connectivity index (χ0v) is 9.85. The van der Waals surface area contributed by atoms with Gasteiger partial charge in [-0.05, 0) is 10.3 Å². The fourth-order valence-corrected chi connectivity index (χ4v) is 1.20. The first-order valence-electron chi connectivity index (χ1n) is 4.61. The van der Waals surface area contributed by atoms with Gasteiger partial charge in [0, 0.05) is 0 Å². The van der Waals surface area contributed by atoms with Crippen molar-refractivity contribution in [1.82, 2.24) is 20.3 Å². The van der Waals surface area contributed by atoms with Gasteiger partial charge in [0.2, 0.25) is 11.3 Å². The van der Waals surface area contributed by atoms with Gasteiger partial charge in [0.15, 0.2) is 5.15 Å². The van der Waals surface area contributed by atoms with Crippen LogP contribution < -0.4 is 4.74 Å². The molecule has 0 radical (unpaired) electrons. The van der Waals surface area contributed by atoms with Gasteiger partial charge in [-0.15, -0.1) is 0 Å². The highest BCUT2D eigenvalue weighted by atomic mass is 35.5. The van der Waals surface area contributed by atoms with Crippen LogP contribution in [-0.4, -0.2) is 42.7 Å². The zero-order chi connectivity index (χ0) is 14.9. The molecule has 0 amide bonds. The van der Waals surface area contributed by atoms with Gasteiger partial charge < -0.3 is 4.74 Å². The number of aromatic nitrogens is 4. The number of alkyl halides is 1. The molecule has 0 bridgehead atoms. The average Bonchev–Trinajstić information content (AvgIpc) is 2.81. The second-order valence-electron chi connectivity index (χ2n) is 3.25. The third-order valence-corrected chi connectivity index (χ3v) is 2.24. The van der Waals surface area contributed by atoms with E-state index in [2.05, 4.69) is 29.6 Å². The zero-order valence-electron chi connectivity index (χ0n) is 9.10. The van der Waals surface area contributed by atoms with Crippen LogP contribution in [0.15, 0.2) is 4.63 Å².